The van der Waals surface area contributed by atoms with E-state index >= 15 is 0 Å². The van der Waals surface area contributed by atoms with Crippen LogP contribution in [0.15, 0.2) is 29.1 Å². The first-order chi connectivity index (χ1) is 11.9. The Bertz CT molecular complexity index is 860. The molecule has 132 valence electrons. The molecule has 1 atom stereocenters. The highest BCUT2D eigenvalue weighted by atomic mass is 16.5. The number of hydrogen-bond donors (Lipinski definition) is 2. The van der Waals surface area contributed by atoms with Crippen LogP contribution >= 0.6 is 0 Å². The quantitative estimate of drug-likeness (QED) is 0.712. The molecule has 25 heavy (non-hydrogen) atoms. The van der Waals surface area contributed by atoms with Crippen molar-refractivity contribution < 1.29 is 23.9 Å². The van der Waals surface area contributed by atoms with Crippen molar-refractivity contribution in [2.24, 2.45) is 0 Å². The molecular formula is C16H17N3O6. The van der Waals surface area contributed by atoms with Gasteiger partial charge < -0.3 is 19.8 Å². The summed E-state index contributed by atoms with van der Waals surface area (Å²) in [5.41, 5.74) is -0.0753. The van der Waals surface area contributed by atoms with Crippen LogP contribution in [0.5, 0.6) is 0 Å². The van der Waals surface area contributed by atoms with Gasteiger partial charge in [0.2, 0.25) is 5.56 Å². The van der Waals surface area contributed by atoms with Crippen molar-refractivity contribution in [2.75, 3.05) is 14.2 Å². The molecule has 0 aromatic carbocycles. The predicted molar refractivity (Wildman–Crippen MR) is 86.9 cm³/mol. The lowest BCUT2D eigenvalue weighted by molar-refractivity contribution is -0.144. The highest BCUT2D eigenvalue weighted by Gasteiger charge is 2.24. The predicted octanol–water partition coefficient (Wildman–Crippen LogP) is 0.148. The first-order valence-corrected chi connectivity index (χ1v) is 7.40. The zero-order valence-corrected chi connectivity index (χ0v) is 13.7. The van der Waals surface area contributed by atoms with Gasteiger partial charge in [-0.3, -0.25) is 14.4 Å². The Hall–Kier alpha value is -3.23. The Morgan fingerprint density at radius 1 is 1.16 bits per heavy atom. The molecule has 0 saturated carbocycles. The summed E-state index contributed by atoms with van der Waals surface area (Å²) in [6, 6.07) is 4.99. The molecule has 0 unspecified atom stereocenters. The maximum Gasteiger partial charge on any atom is 0.328 e. The number of esters is 2. The number of carbonyl (C=O) groups is 3. The molecule has 2 rings (SSSR count). The Kier molecular flexibility index (Phi) is 5.83. The van der Waals surface area contributed by atoms with Crippen LogP contribution in [0.4, 0.5) is 0 Å². The third-order valence-corrected chi connectivity index (χ3v) is 3.47. The van der Waals surface area contributed by atoms with E-state index in [1.54, 1.807) is 12.1 Å². The molecule has 0 radical (unpaired) electrons. The van der Waals surface area contributed by atoms with Gasteiger partial charge in [0, 0.05) is 17.9 Å². The fourth-order valence-electron chi connectivity index (χ4n) is 2.14. The fourth-order valence-corrected chi connectivity index (χ4v) is 2.14. The van der Waals surface area contributed by atoms with Crippen molar-refractivity contribution in [3.05, 3.63) is 40.3 Å². The molecule has 0 saturated heterocycles. The van der Waals surface area contributed by atoms with Gasteiger partial charge in [-0.1, -0.05) is 0 Å². The highest BCUT2D eigenvalue weighted by molar-refractivity contribution is 5.96. The summed E-state index contributed by atoms with van der Waals surface area (Å²) in [7, 11) is 2.41. The Morgan fingerprint density at radius 3 is 2.56 bits per heavy atom. The van der Waals surface area contributed by atoms with Crippen molar-refractivity contribution in [2.45, 2.75) is 18.9 Å². The van der Waals surface area contributed by atoms with Crippen LogP contribution in [0.1, 0.15) is 23.3 Å². The van der Waals surface area contributed by atoms with Crippen molar-refractivity contribution in [1.29, 1.82) is 0 Å². The molecule has 2 N–H and O–H groups in total. The molecule has 0 bridgehead atoms. The van der Waals surface area contributed by atoms with E-state index < -0.39 is 23.9 Å². The van der Waals surface area contributed by atoms with Crippen LogP contribution in [0, 0.1) is 0 Å². The van der Waals surface area contributed by atoms with E-state index in [9.17, 15) is 19.2 Å². The number of ether oxygens (including phenoxy) is 2. The summed E-state index contributed by atoms with van der Waals surface area (Å²) < 4.78 is 9.14. The van der Waals surface area contributed by atoms with E-state index in [1.807, 2.05) is 0 Å². The fraction of sp³-hybridized carbons (Fsp3) is 0.312. The second-order valence-corrected chi connectivity index (χ2v) is 5.12. The van der Waals surface area contributed by atoms with Crippen molar-refractivity contribution in [3.8, 4) is 0 Å². The van der Waals surface area contributed by atoms with Crippen LogP contribution < -0.4 is 10.9 Å². The van der Waals surface area contributed by atoms with E-state index in [4.69, 9.17) is 0 Å². The second kappa shape index (κ2) is 8.04. The average Bonchev–Trinajstić information content (AvgIpc) is 2.63. The normalized spacial score (nSPS) is 11.6. The third-order valence-electron chi connectivity index (χ3n) is 3.47. The molecule has 1 amide bonds. The largest absolute Gasteiger partial charge is 0.469 e. The summed E-state index contributed by atoms with van der Waals surface area (Å²) in [4.78, 5) is 53.3. The number of aromatic nitrogens is 2. The number of nitrogens with zero attached hydrogens (tertiary/aromatic N) is 1. The van der Waals surface area contributed by atoms with Crippen LogP contribution in [0.25, 0.3) is 11.0 Å². The number of rotatable bonds is 6. The maximum atomic E-state index is 12.3. The van der Waals surface area contributed by atoms with Gasteiger partial charge in [0.15, 0.2) is 0 Å². The lowest BCUT2D eigenvalue weighted by atomic mass is 10.1. The minimum atomic E-state index is -1.02. The number of nitrogens with one attached hydrogen (secondary N) is 2. The maximum absolute atomic E-state index is 12.3. The van der Waals surface area contributed by atoms with Gasteiger partial charge in [0.1, 0.15) is 17.4 Å². The van der Waals surface area contributed by atoms with Gasteiger partial charge in [-0.15, -0.1) is 0 Å². The zero-order chi connectivity index (χ0) is 18.4. The molecule has 0 aliphatic rings. The minimum absolute atomic E-state index is 0.0151. The number of H-pyrrole nitrogens is 1. The van der Waals surface area contributed by atoms with E-state index in [0.717, 1.165) is 0 Å². The van der Waals surface area contributed by atoms with Crippen LogP contribution in [0.2, 0.25) is 0 Å². The van der Waals surface area contributed by atoms with Crippen LogP contribution in [0.3, 0.4) is 0 Å². The van der Waals surface area contributed by atoms with Gasteiger partial charge in [-0.25, -0.2) is 9.78 Å². The molecule has 0 aliphatic heterocycles. The average molecular weight is 347 g/mol. The monoisotopic (exact) mass is 347 g/mol. The third kappa shape index (κ3) is 4.63. The smallest absolute Gasteiger partial charge is 0.328 e. The second-order valence-electron chi connectivity index (χ2n) is 5.12. The summed E-state index contributed by atoms with van der Waals surface area (Å²) in [6.45, 7) is 0. The van der Waals surface area contributed by atoms with Crippen molar-refractivity contribution in [3.63, 3.8) is 0 Å². The first-order valence-electron chi connectivity index (χ1n) is 7.40. The lowest BCUT2D eigenvalue weighted by Crippen LogP contribution is -2.42. The summed E-state index contributed by atoms with van der Waals surface area (Å²) >= 11 is 0. The number of pyridine rings is 2. The number of carbonyl (C=O) groups excluding carboxylic acids is 3. The zero-order valence-electron chi connectivity index (χ0n) is 13.7. The molecule has 2 heterocycles. The van der Waals surface area contributed by atoms with E-state index in [1.165, 1.54) is 26.4 Å². The molecule has 9 heteroatoms. The number of hydrogen-bond acceptors (Lipinski definition) is 7. The standard InChI is InChI=1S/C16H17N3O6/c1-24-13(21)8-6-11(16(23)25-2)18-15(22)10-5-3-9-4-7-12(20)19-14(9)17-10/h3-5,7,11H,6,8H2,1-2H3,(H,18,22)(H,17,19,20)/t11-/m0/s1. The molecule has 2 aromatic heterocycles. The highest BCUT2D eigenvalue weighted by Crippen LogP contribution is 2.09. The topological polar surface area (TPSA) is 127 Å². The van der Waals surface area contributed by atoms with Crippen LogP contribution in [-0.4, -0.2) is 48.1 Å². The Balaban J connectivity index is 2.17. The van der Waals surface area contributed by atoms with E-state index in [2.05, 4.69) is 24.8 Å². The molecule has 0 aliphatic carbocycles. The number of methoxy groups -OCH3 is 2. The molecule has 0 fully saturated rings. The summed E-state index contributed by atoms with van der Waals surface area (Å²) in [6.07, 6.45) is -0.0372. The number of amides is 1. The summed E-state index contributed by atoms with van der Waals surface area (Å²) in [5.74, 6) is -1.83. The lowest BCUT2D eigenvalue weighted by Gasteiger charge is -2.15. The van der Waals surface area contributed by atoms with Gasteiger partial charge in [0.25, 0.3) is 5.91 Å². The summed E-state index contributed by atoms with van der Waals surface area (Å²) in [5, 5.41) is 3.13. The van der Waals surface area contributed by atoms with Gasteiger partial charge in [-0.05, 0) is 24.6 Å². The molecule has 0 spiro atoms. The number of aromatic amines is 1. The van der Waals surface area contributed by atoms with Gasteiger partial charge >= 0.3 is 11.9 Å². The van der Waals surface area contributed by atoms with E-state index in [0.29, 0.717) is 5.39 Å². The Morgan fingerprint density at radius 2 is 1.88 bits per heavy atom. The van der Waals surface area contributed by atoms with E-state index in [-0.39, 0.29) is 29.7 Å². The Labute approximate surface area is 142 Å². The SMILES string of the molecule is COC(=O)CC[C@H](NC(=O)c1ccc2ccc(=O)[nH]c2n1)C(=O)OC. The van der Waals surface area contributed by atoms with Crippen LogP contribution in [-0.2, 0) is 19.1 Å². The molecule has 9 nitrogen and oxygen atoms in total. The first kappa shape index (κ1) is 18.1. The number of fused-ring (bicyclic) bond motifs is 1. The van der Waals surface area contributed by atoms with Gasteiger partial charge in [-0.2, -0.15) is 0 Å². The van der Waals surface area contributed by atoms with Crippen molar-refractivity contribution in [1.82, 2.24) is 15.3 Å². The molecular weight excluding hydrogens is 330 g/mol. The molecule has 2 aromatic rings. The van der Waals surface area contributed by atoms with Gasteiger partial charge in [0.05, 0.1) is 14.2 Å². The van der Waals surface area contributed by atoms with Crippen molar-refractivity contribution >= 4 is 28.9 Å². The minimum Gasteiger partial charge on any atom is -0.469 e.